The molecule has 1 aliphatic rings. The molecule has 2 heterocycles. The number of rotatable bonds is 7. The van der Waals surface area contributed by atoms with Gasteiger partial charge >= 0.3 is 0 Å². The lowest BCUT2D eigenvalue weighted by atomic mass is 10.0. The van der Waals surface area contributed by atoms with Gasteiger partial charge in [0, 0.05) is 19.1 Å². The van der Waals surface area contributed by atoms with Crippen LogP contribution in [-0.2, 0) is 0 Å². The number of piperidine rings is 1. The number of hydrogen-bond donors (Lipinski definition) is 1. The normalized spacial score (nSPS) is 19.0. The third-order valence-electron chi connectivity index (χ3n) is 4.00. The smallest absolute Gasteiger partial charge is 0.244 e. The molecule has 6 heteroatoms. The van der Waals surface area contributed by atoms with E-state index in [2.05, 4.69) is 51.3 Å². The zero-order chi connectivity index (χ0) is 15.1. The minimum atomic E-state index is 0.594. The highest BCUT2D eigenvalue weighted by Crippen LogP contribution is 2.24. The molecule has 1 fully saturated rings. The Kier molecular flexibility index (Phi) is 6.17. The van der Waals surface area contributed by atoms with E-state index in [9.17, 15) is 0 Å². The summed E-state index contributed by atoms with van der Waals surface area (Å²) in [6, 6.07) is 0.594. The average Bonchev–Trinajstić information content (AvgIpc) is 2.51. The Morgan fingerprint density at radius 2 is 2.24 bits per heavy atom. The summed E-state index contributed by atoms with van der Waals surface area (Å²) in [5.74, 6) is 1.61. The predicted molar refractivity (Wildman–Crippen MR) is 86.8 cm³/mol. The van der Waals surface area contributed by atoms with Gasteiger partial charge in [0.25, 0.3) is 0 Å². The summed E-state index contributed by atoms with van der Waals surface area (Å²) in [4.78, 5) is 9.21. The third kappa shape index (κ3) is 4.81. The van der Waals surface area contributed by atoms with Gasteiger partial charge in [-0.25, -0.2) is 0 Å². The third-order valence-corrected chi connectivity index (χ3v) is 4.00. The first-order valence-electron chi connectivity index (χ1n) is 8.05. The van der Waals surface area contributed by atoms with Crippen molar-refractivity contribution in [2.45, 2.75) is 45.1 Å². The standard InChI is InChI=1S/C15H28N6/c1-4-13-8-5-6-11-21(13)14-12-17-19-15(18-14)16-9-7-10-20(2)3/h12-13H,4-11H2,1-3H3,(H,16,18,19). The molecule has 118 valence electrons. The van der Waals surface area contributed by atoms with Gasteiger partial charge in [-0.05, 0) is 52.7 Å². The Labute approximate surface area is 128 Å². The quantitative estimate of drug-likeness (QED) is 0.776. The fourth-order valence-electron chi connectivity index (χ4n) is 2.83. The lowest BCUT2D eigenvalue weighted by Gasteiger charge is -2.35. The minimum absolute atomic E-state index is 0.594. The van der Waals surface area contributed by atoms with Crippen molar-refractivity contribution in [1.29, 1.82) is 0 Å². The van der Waals surface area contributed by atoms with Gasteiger partial charge in [0.2, 0.25) is 5.95 Å². The fourth-order valence-corrected chi connectivity index (χ4v) is 2.83. The molecule has 1 atom stereocenters. The van der Waals surface area contributed by atoms with Crippen molar-refractivity contribution < 1.29 is 0 Å². The van der Waals surface area contributed by atoms with Crippen LogP contribution in [0.1, 0.15) is 39.0 Å². The van der Waals surface area contributed by atoms with Crippen LogP contribution in [0.3, 0.4) is 0 Å². The Hall–Kier alpha value is -1.43. The van der Waals surface area contributed by atoms with Crippen molar-refractivity contribution in [1.82, 2.24) is 20.1 Å². The van der Waals surface area contributed by atoms with Gasteiger partial charge in [-0.3, -0.25) is 0 Å². The molecule has 1 N–H and O–H groups in total. The molecule has 1 aliphatic heterocycles. The first kappa shape index (κ1) is 15.9. The van der Waals surface area contributed by atoms with Gasteiger partial charge in [-0.15, -0.1) is 5.10 Å². The highest BCUT2D eigenvalue weighted by atomic mass is 15.3. The summed E-state index contributed by atoms with van der Waals surface area (Å²) in [6.07, 6.45) is 7.85. The van der Waals surface area contributed by atoms with E-state index in [1.807, 2.05) is 0 Å². The zero-order valence-electron chi connectivity index (χ0n) is 13.5. The zero-order valence-corrected chi connectivity index (χ0v) is 13.5. The fraction of sp³-hybridized carbons (Fsp3) is 0.800. The monoisotopic (exact) mass is 292 g/mol. The number of nitrogens with one attached hydrogen (secondary N) is 1. The van der Waals surface area contributed by atoms with Crippen molar-refractivity contribution in [2.75, 3.05) is 43.9 Å². The summed E-state index contributed by atoms with van der Waals surface area (Å²) in [7, 11) is 4.17. The summed E-state index contributed by atoms with van der Waals surface area (Å²) in [6.45, 7) is 5.26. The number of anilines is 2. The minimum Gasteiger partial charge on any atom is -0.353 e. The molecule has 0 bridgehead atoms. The van der Waals surface area contributed by atoms with E-state index in [0.717, 1.165) is 38.3 Å². The first-order valence-corrected chi connectivity index (χ1v) is 8.05. The molecular weight excluding hydrogens is 264 g/mol. The summed E-state index contributed by atoms with van der Waals surface area (Å²) in [5, 5.41) is 11.5. The van der Waals surface area contributed by atoms with Gasteiger partial charge in [0.05, 0.1) is 6.20 Å². The largest absolute Gasteiger partial charge is 0.353 e. The van der Waals surface area contributed by atoms with E-state index in [0.29, 0.717) is 12.0 Å². The Balaban J connectivity index is 1.93. The van der Waals surface area contributed by atoms with E-state index in [1.54, 1.807) is 6.20 Å². The maximum Gasteiger partial charge on any atom is 0.244 e. The number of nitrogens with zero attached hydrogens (tertiary/aromatic N) is 5. The topological polar surface area (TPSA) is 57.2 Å². The van der Waals surface area contributed by atoms with Gasteiger partial charge < -0.3 is 15.1 Å². The Bertz CT molecular complexity index is 422. The van der Waals surface area contributed by atoms with Crippen LogP contribution in [0.2, 0.25) is 0 Å². The molecular formula is C15H28N6. The summed E-state index contributed by atoms with van der Waals surface area (Å²) < 4.78 is 0. The van der Waals surface area contributed by atoms with Crippen LogP contribution >= 0.6 is 0 Å². The molecule has 0 amide bonds. The van der Waals surface area contributed by atoms with E-state index in [4.69, 9.17) is 0 Å². The highest BCUT2D eigenvalue weighted by Gasteiger charge is 2.22. The SMILES string of the molecule is CCC1CCCCN1c1cnnc(NCCCN(C)C)n1. The molecule has 1 saturated heterocycles. The lowest BCUT2D eigenvalue weighted by molar-refractivity contribution is 0.405. The molecule has 6 nitrogen and oxygen atoms in total. The second-order valence-corrected chi connectivity index (χ2v) is 5.97. The molecule has 0 saturated carbocycles. The highest BCUT2D eigenvalue weighted by molar-refractivity contribution is 5.41. The molecule has 0 radical (unpaired) electrons. The van der Waals surface area contributed by atoms with Crippen LogP contribution in [-0.4, -0.2) is 59.9 Å². The predicted octanol–water partition coefficient (Wildman–Crippen LogP) is 2.00. The summed E-state index contributed by atoms with van der Waals surface area (Å²) >= 11 is 0. The van der Waals surface area contributed by atoms with E-state index >= 15 is 0 Å². The summed E-state index contributed by atoms with van der Waals surface area (Å²) in [5.41, 5.74) is 0. The van der Waals surface area contributed by atoms with Crippen LogP contribution in [0.5, 0.6) is 0 Å². The van der Waals surface area contributed by atoms with Gasteiger partial charge in [0.1, 0.15) is 0 Å². The lowest BCUT2D eigenvalue weighted by Crippen LogP contribution is -2.39. The van der Waals surface area contributed by atoms with Crippen molar-refractivity contribution in [3.63, 3.8) is 0 Å². The van der Waals surface area contributed by atoms with Gasteiger partial charge in [0.15, 0.2) is 5.82 Å². The number of hydrogen-bond acceptors (Lipinski definition) is 6. The second-order valence-electron chi connectivity index (χ2n) is 5.97. The maximum atomic E-state index is 4.64. The second kappa shape index (κ2) is 8.12. The molecule has 1 aromatic rings. The Morgan fingerprint density at radius 1 is 1.38 bits per heavy atom. The number of aromatic nitrogens is 3. The van der Waals surface area contributed by atoms with Crippen molar-refractivity contribution >= 4 is 11.8 Å². The van der Waals surface area contributed by atoms with Gasteiger partial charge in [-0.2, -0.15) is 10.1 Å². The van der Waals surface area contributed by atoms with Crippen molar-refractivity contribution in [3.8, 4) is 0 Å². The van der Waals surface area contributed by atoms with E-state index in [1.165, 1.54) is 19.3 Å². The van der Waals surface area contributed by atoms with Gasteiger partial charge in [-0.1, -0.05) is 6.92 Å². The molecule has 2 rings (SSSR count). The van der Waals surface area contributed by atoms with Crippen LogP contribution in [0.25, 0.3) is 0 Å². The van der Waals surface area contributed by atoms with Crippen LogP contribution < -0.4 is 10.2 Å². The molecule has 21 heavy (non-hydrogen) atoms. The van der Waals surface area contributed by atoms with Crippen molar-refractivity contribution in [2.24, 2.45) is 0 Å². The molecule has 1 unspecified atom stereocenters. The maximum absolute atomic E-state index is 4.64. The molecule has 1 aromatic heterocycles. The van der Waals surface area contributed by atoms with Crippen molar-refractivity contribution in [3.05, 3.63) is 6.20 Å². The van der Waals surface area contributed by atoms with Crippen LogP contribution in [0.4, 0.5) is 11.8 Å². The van der Waals surface area contributed by atoms with E-state index in [-0.39, 0.29) is 0 Å². The molecule has 0 aliphatic carbocycles. The molecule has 0 aromatic carbocycles. The Morgan fingerprint density at radius 3 is 3.00 bits per heavy atom. The van der Waals surface area contributed by atoms with Crippen LogP contribution in [0.15, 0.2) is 6.20 Å². The average molecular weight is 292 g/mol. The van der Waals surface area contributed by atoms with Crippen LogP contribution in [0, 0.1) is 0 Å². The van der Waals surface area contributed by atoms with E-state index < -0.39 is 0 Å². The molecule has 0 spiro atoms. The first-order chi connectivity index (χ1) is 10.2.